The minimum atomic E-state index is -0.0732. The van der Waals surface area contributed by atoms with Crippen molar-refractivity contribution in [2.75, 3.05) is 0 Å². The molecule has 0 radical (unpaired) electrons. The third-order valence-electron chi connectivity index (χ3n) is 3.47. The Morgan fingerprint density at radius 1 is 0.905 bits per heavy atom. The van der Waals surface area contributed by atoms with Crippen molar-refractivity contribution in [3.63, 3.8) is 0 Å². The van der Waals surface area contributed by atoms with Gasteiger partial charge in [0, 0.05) is 21.8 Å². The summed E-state index contributed by atoms with van der Waals surface area (Å²) in [5.74, 6) is 0.539. The molecule has 0 aliphatic rings. The number of nitrogens with zero attached hydrogens (tertiary/aromatic N) is 1. The van der Waals surface area contributed by atoms with Crippen LogP contribution in [0.3, 0.4) is 0 Å². The molecule has 0 saturated heterocycles. The highest BCUT2D eigenvalue weighted by molar-refractivity contribution is 6.36. The molecule has 0 saturated carbocycles. The highest BCUT2D eigenvalue weighted by Crippen LogP contribution is 2.31. The lowest BCUT2D eigenvalue weighted by Crippen LogP contribution is -1.94. The maximum atomic E-state index is 6.20. The van der Waals surface area contributed by atoms with Crippen molar-refractivity contribution in [3.8, 4) is 0 Å². The summed E-state index contributed by atoms with van der Waals surface area (Å²) in [7, 11) is 0. The summed E-state index contributed by atoms with van der Waals surface area (Å²) in [6, 6.07) is 13.9. The van der Waals surface area contributed by atoms with Crippen molar-refractivity contribution in [1.29, 1.82) is 0 Å². The summed E-state index contributed by atoms with van der Waals surface area (Å²) in [5.41, 5.74) is 3.28. The average molecular weight is 320 g/mol. The number of aliphatic imine (C=N–C) groups is 1. The van der Waals surface area contributed by atoms with E-state index in [2.05, 4.69) is 43.1 Å². The number of rotatable bonds is 4. The van der Waals surface area contributed by atoms with Crippen molar-refractivity contribution in [3.05, 3.63) is 69.2 Å². The van der Waals surface area contributed by atoms with E-state index in [0.29, 0.717) is 16.0 Å². The van der Waals surface area contributed by atoms with Crippen molar-refractivity contribution in [2.24, 2.45) is 4.99 Å². The van der Waals surface area contributed by atoms with Gasteiger partial charge in [-0.25, -0.2) is 0 Å². The standard InChI is InChI=1S/C18H19Cl2N/c1-12(2)15-9-7-14(8-10-15)11-21-13(3)18-16(19)5-4-6-17(18)20/h4-13H,1-3H3. The fourth-order valence-electron chi connectivity index (χ4n) is 2.15. The highest BCUT2D eigenvalue weighted by Gasteiger charge is 2.11. The molecule has 2 aromatic rings. The number of halogens is 2. The molecule has 2 aromatic carbocycles. The van der Waals surface area contributed by atoms with Crippen LogP contribution >= 0.6 is 23.2 Å². The van der Waals surface area contributed by atoms with Gasteiger partial charge in [-0.05, 0) is 36.1 Å². The first-order chi connectivity index (χ1) is 9.99. The van der Waals surface area contributed by atoms with Crippen LogP contribution in [0.25, 0.3) is 0 Å². The molecule has 21 heavy (non-hydrogen) atoms. The molecule has 0 fully saturated rings. The van der Waals surface area contributed by atoms with Gasteiger partial charge in [-0.1, -0.05) is 67.4 Å². The first-order valence-electron chi connectivity index (χ1n) is 7.06. The van der Waals surface area contributed by atoms with Crippen LogP contribution < -0.4 is 0 Å². The van der Waals surface area contributed by atoms with E-state index in [9.17, 15) is 0 Å². The second-order valence-corrected chi connectivity index (χ2v) is 6.23. The van der Waals surface area contributed by atoms with Crippen LogP contribution in [-0.4, -0.2) is 6.21 Å². The molecule has 0 spiro atoms. The Morgan fingerprint density at radius 3 is 2.00 bits per heavy atom. The lowest BCUT2D eigenvalue weighted by molar-refractivity contribution is 0.825. The lowest BCUT2D eigenvalue weighted by atomic mass is 10.0. The molecule has 1 unspecified atom stereocenters. The van der Waals surface area contributed by atoms with Gasteiger partial charge in [-0.15, -0.1) is 0 Å². The Labute approximate surface area is 136 Å². The van der Waals surface area contributed by atoms with E-state index in [4.69, 9.17) is 23.2 Å². The largest absolute Gasteiger partial charge is 0.285 e. The van der Waals surface area contributed by atoms with Crippen LogP contribution in [0, 0.1) is 0 Å². The Hall–Kier alpha value is -1.31. The summed E-state index contributed by atoms with van der Waals surface area (Å²) < 4.78 is 0. The monoisotopic (exact) mass is 319 g/mol. The van der Waals surface area contributed by atoms with Gasteiger partial charge < -0.3 is 0 Å². The summed E-state index contributed by atoms with van der Waals surface area (Å²) in [5, 5.41) is 1.31. The van der Waals surface area contributed by atoms with Gasteiger partial charge in [-0.3, -0.25) is 4.99 Å². The van der Waals surface area contributed by atoms with E-state index in [1.54, 1.807) is 0 Å². The van der Waals surface area contributed by atoms with Crippen molar-refractivity contribution in [1.82, 2.24) is 0 Å². The maximum Gasteiger partial charge on any atom is 0.0750 e. The first-order valence-corrected chi connectivity index (χ1v) is 7.81. The summed E-state index contributed by atoms with van der Waals surface area (Å²) in [6.45, 7) is 6.36. The van der Waals surface area contributed by atoms with E-state index in [-0.39, 0.29) is 6.04 Å². The summed E-state index contributed by atoms with van der Waals surface area (Å²) >= 11 is 12.4. The predicted octanol–water partition coefficient (Wildman–Crippen LogP) is 6.30. The van der Waals surface area contributed by atoms with E-state index in [1.165, 1.54) is 5.56 Å². The van der Waals surface area contributed by atoms with E-state index in [0.717, 1.165) is 11.1 Å². The minimum Gasteiger partial charge on any atom is -0.285 e. The van der Waals surface area contributed by atoms with Gasteiger partial charge >= 0.3 is 0 Å². The van der Waals surface area contributed by atoms with Gasteiger partial charge in [0.15, 0.2) is 0 Å². The van der Waals surface area contributed by atoms with E-state index >= 15 is 0 Å². The van der Waals surface area contributed by atoms with Crippen molar-refractivity contribution >= 4 is 29.4 Å². The fraction of sp³-hybridized carbons (Fsp3) is 0.278. The molecular formula is C18H19Cl2N. The second-order valence-electron chi connectivity index (χ2n) is 5.41. The summed E-state index contributed by atoms with van der Waals surface area (Å²) in [6.07, 6.45) is 1.87. The summed E-state index contributed by atoms with van der Waals surface area (Å²) in [4.78, 5) is 4.57. The van der Waals surface area contributed by atoms with Crippen LogP contribution in [0.1, 0.15) is 49.4 Å². The molecule has 1 atom stereocenters. The van der Waals surface area contributed by atoms with Gasteiger partial charge in [0.1, 0.15) is 0 Å². The molecule has 0 aromatic heterocycles. The quantitative estimate of drug-likeness (QED) is 0.586. The van der Waals surface area contributed by atoms with E-state index < -0.39 is 0 Å². The highest BCUT2D eigenvalue weighted by atomic mass is 35.5. The number of hydrogen-bond donors (Lipinski definition) is 0. The normalized spacial score (nSPS) is 13.0. The van der Waals surface area contributed by atoms with Crippen LogP contribution in [0.15, 0.2) is 47.5 Å². The topological polar surface area (TPSA) is 12.4 Å². The predicted molar refractivity (Wildman–Crippen MR) is 93.0 cm³/mol. The second kappa shape index (κ2) is 7.11. The Morgan fingerprint density at radius 2 is 1.48 bits per heavy atom. The zero-order valence-electron chi connectivity index (χ0n) is 12.5. The van der Waals surface area contributed by atoms with Crippen LogP contribution in [-0.2, 0) is 0 Å². The minimum absolute atomic E-state index is 0.0732. The number of hydrogen-bond acceptors (Lipinski definition) is 1. The molecule has 1 nitrogen and oxygen atoms in total. The van der Waals surface area contributed by atoms with E-state index in [1.807, 2.05) is 31.3 Å². The molecule has 0 heterocycles. The maximum absolute atomic E-state index is 6.20. The Kier molecular flexibility index (Phi) is 5.44. The van der Waals surface area contributed by atoms with Gasteiger partial charge in [0.25, 0.3) is 0 Å². The first kappa shape index (κ1) is 16.1. The molecule has 2 rings (SSSR count). The molecule has 110 valence electrons. The van der Waals surface area contributed by atoms with Crippen LogP contribution in [0.2, 0.25) is 10.0 Å². The molecule has 0 amide bonds. The Bertz CT molecular complexity index is 610. The smallest absolute Gasteiger partial charge is 0.0750 e. The van der Waals surface area contributed by atoms with Gasteiger partial charge in [0.2, 0.25) is 0 Å². The molecule has 0 aliphatic carbocycles. The molecule has 0 N–H and O–H groups in total. The van der Waals surface area contributed by atoms with Gasteiger partial charge in [0.05, 0.1) is 6.04 Å². The van der Waals surface area contributed by atoms with Crippen molar-refractivity contribution < 1.29 is 0 Å². The van der Waals surface area contributed by atoms with Crippen molar-refractivity contribution in [2.45, 2.75) is 32.7 Å². The SMILES string of the molecule is CC(C)c1ccc(C=NC(C)c2c(Cl)cccc2Cl)cc1. The van der Waals surface area contributed by atoms with Gasteiger partial charge in [-0.2, -0.15) is 0 Å². The third-order valence-corrected chi connectivity index (χ3v) is 4.13. The zero-order chi connectivity index (χ0) is 15.4. The Balaban J connectivity index is 2.17. The average Bonchev–Trinajstić information content (AvgIpc) is 2.45. The molecule has 0 bridgehead atoms. The van der Waals surface area contributed by atoms with Crippen LogP contribution in [0.5, 0.6) is 0 Å². The fourth-order valence-corrected chi connectivity index (χ4v) is 2.86. The molecule has 3 heteroatoms. The number of benzene rings is 2. The molecule has 0 aliphatic heterocycles. The lowest BCUT2D eigenvalue weighted by Gasteiger charge is -2.11. The zero-order valence-corrected chi connectivity index (χ0v) is 14.0. The van der Waals surface area contributed by atoms with Crippen LogP contribution in [0.4, 0.5) is 0 Å². The third kappa shape index (κ3) is 4.09. The molecular weight excluding hydrogens is 301 g/mol.